The number of fused-ring (bicyclic) bond motifs is 7. The molecule has 2 aromatic heterocycles. The predicted molar refractivity (Wildman–Crippen MR) is 182 cm³/mol. The molecule has 0 atom stereocenters. The highest BCUT2D eigenvalue weighted by Crippen LogP contribution is 2.39. The molecule has 1 nitrogen and oxygen atoms in total. The van der Waals surface area contributed by atoms with Gasteiger partial charge in [0.2, 0.25) is 0 Å². The van der Waals surface area contributed by atoms with E-state index in [4.69, 9.17) is 0 Å². The van der Waals surface area contributed by atoms with Crippen LogP contribution in [0.1, 0.15) is 0 Å². The number of nitrogens with zero attached hydrogens (tertiary/aromatic N) is 1. The Labute approximate surface area is 247 Å². The number of para-hydroxylation sites is 1. The summed E-state index contributed by atoms with van der Waals surface area (Å²) in [6.45, 7) is 0. The van der Waals surface area contributed by atoms with Gasteiger partial charge in [-0.1, -0.05) is 97.1 Å². The molecule has 9 rings (SSSR count). The summed E-state index contributed by atoms with van der Waals surface area (Å²) in [4.78, 5) is 0. The summed E-state index contributed by atoms with van der Waals surface area (Å²) in [5, 5.41) is 7.74. The van der Waals surface area contributed by atoms with Crippen molar-refractivity contribution in [3.63, 3.8) is 0 Å². The quantitative estimate of drug-likeness (QED) is 0.206. The molecule has 0 saturated carbocycles. The molecule has 7 aromatic carbocycles. The van der Waals surface area contributed by atoms with Gasteiger partial charge in [0, 0.05) is 36.6 Å². The molecule has 42 heavy (non-hydrogen) atoms. The van der Waals surface area contributed by atoms with E-state index >= 15 is 0 Å². The monoisotopic (exact) mass is 551 g/mol. The summed E-state index contributed by atoms with van der Waals surface area (Å²) >= 11 is 1.87. The highest BCUT2D eigenvalue weighted by atomic mass is 32.1. The lowest BCUT2D eigenvalue weighted by atomic mass is 10.0. The number of rotatable bonds is 3. The number of benzene rings is 7. The van der Waals surface area contributed by atoms with Crippen molar-refractivity contribution < 1.29 is 0 Å². The van der Waals surface area contributed by atoms with Crippen LogP contribution in [0.15, 0.2) is 152 Å². The zero-order valence-electron chi connectivity index (χ0n) is 22.8. The zero-order valence-corrected chi connectivity index (χ0v) is 23.6. The Kier molecular flexibility index (Phi) is 5.13. The summed E-state index contributed by atoms with van der Waals surface area (Å²) in [5.74, 6) is 0. The molecule has 0 saturated heterocycles. The molecule has 0 aliphatic heterocycles. The first kappa shape index (κ1) is 23.5. The summed E-state index contributed by atoms with van der Waals surface area (Å²) in [6.07, 6.45) is 0. The van der Waals surface area contributed by atoms with Gasteiger partial charge < -0.3 is 4.57 Å². The second-order valence-electron chi connectivity index (χ2n) is 11.0. The minimum atomic E-state index is 1.17. The second-order valence-corrected chi connectivity index (χ2v) is 12.1. The lowest BCUT2D eigenvalue weighted by molar-refractivity contribution is 1.18. The van der Waals surface area contributed by atoms with Crippen molar-refractivity contribution in [3.8, 4) is 27.9 Å². The Balaban J connectivity index is 1.21. The van der Waals surface area contributed by atoms with E-state index in [9.17, 15) is 0 Å². The number of aromatic nitrogens is 1. The highest BCUT2D eigenvalue weighted by Gasteiger charge is 2.14. The molecule has 0 N–H and O–H groups in total. The predicted octanol–water partition coefficient (Wildman–Crippen LogP) is 11.6. The maximum atomic E-state index is 2.41. The highest BCUT2D eigenvalue weighted by molar-refractivity contribution is 7.25. The second kappa shape index (κ2) is 9.17. The van der Waals surface area contributed by atoms with Crippen molar-refractivity contribution in [3.05, 3.63) is 152 Å². The summed E-state index contributed by atoms with van der Waals surface area (Å²) in [6, 6.07) is 55.6. The largest absolute Gasteiger partial charge is 0.309 e. The van der Waals surface area contributed by atoms with Gasteiger partial charge >= 0.3 is 0 Å². The van der Waals surface area contributed by atoms with Crippen LogP contribution in [0.2, 0.25) is 0 Å². The van der Waals surface area contributed by atoms with Crippen LogP contribution in [-0.2, 0) is 0 Å². The molecule has 2 heterocycles. The first-order chi connectivity index (χ1) is 20.8. The van der Waals surface area contributed by atoms with E-state index in [0.29, 0.717) is 0 Å². The molecule has 0 bridgehead atoms. The van der Waals surface area contributed by atoms with Gasteiger partial charge in [-0.3, -0.25) is 0 Å². The fourth-order valence-electron chi connectivity index (χ4n) is 6.53. The molecule has 0 radical (unpaired) electrons. The van der Waals surface area contributed by atoms with E-state index in [-0.39, 0.29) is 0 Å². The van der Waals surface area contributed by atoms with Gasteiger partial charge in [0.05, 0.1) is 11.0 Å². The molecule has 0 aliphatic carbocycles. The Hall–Kier alpha value is -5.18. The van der Waals surface area contributed by atoms with Gasteiger partial charge in [-0.2, -0.15) is 0 Å². The minimum Gasteiger partial charge on any atom is -0.309 e. The van der Waals surface area contributed by atoms with Crippen LogP contribution >= 0.6 is 11.3 Å². The molecule has 0 unspecified atom stereocenters. The number of thiophene rings is 1. The van der Waals surface area contributed by atoms with E-state index in [1.807, 2.05) is 11.3 Å². The van der Waals surface area contributed by atoms with Crippen LogP contribution in [0.5, 0.6) is 0 Å². The third-order valence-electron chi connectivity index (χ3n) is 8.57. The minimum absolute atomic E-state index is 1.17. The molecule has 0 amide bonds. The van der Waals surface area contributed by atoms with Crippen LogP contribution in [0.3, 0.4) is 0 Å². The van der Waals surface area contributed by atoms with Crippen LogP contribution in [0.4, 0.5) is 0 Å². The summed E-state index contributed by atoms with van der Waals surface area (Å²) < 4.78 is 5.09. The van der Waals surface area contributed by atoms with E-state index in [2.05, 4.69) is 156 Å². The summed E-state index contributed by atoms with van der Waals surface area (Å²) in [7, 11) is 0. The van der Waals surface area contributed by atoms with Crippen LogP contribution < -0.4 is 0 Å². The van der Waals surface area contributed by atoms with Gasteiger partial charge in [-0.25, -0.2) is 0 Å². The van der Waals surface area contributed by atoms with E-state index in [1.54, 1.807) is 0 Å². The van der Waals surface area contributed by atoms with Crippen LogP contribution in [-0.4, -0.2) is 4.57 Å². The SMILES string of the molecule is c1cc(-c2ccc3ccccc3c2)cc(-n2c3ccccc3c3cc(-c4ccc5sc6ccccc6c5c4)ccc32)c1. The fraction of sp³-hybridized carbons (Fsp3) is 0. The number of hydrogen-bond acceptors (Lipinski definition) is 1. The molecule has 0 spiro atoms. The van der Waals surface area contributed by atoms with Gasteiger partial charge in [0.25, 0.3) is 0 Å². The van der Waals surface area contributed by atoms with Gasteiger partial charge in [-0.15, -0.1) is 11.3 Å². The average Bonchev–Trinajstić information content (AvgIpc) is 3.59. The molecular weight excluding hydrogens is 527 g/mol. The standard InChI is InChI=1S/C40H25NS/c1-2-9-27-22-29(17-16-26(27)8-1)28-10-7-11-32(23-28)41-37-14-5-3-12-33(37)35-24-30(18-20-38(35)41)31-19-21-40-36(25-31)34-13-4-6-15-39(34)42-40/h1-25H. The third kappa shape index (κ3) is 3.62. The van der Waals surface area contributed by atoms with Crippen molar-refractivity contribution in [1.29, 1.82) is 0 Å². The summed E-state index contributed by atoms with van der Waals surface area (Å²) in [5.41, 5.74) is 8.56. The first-order valence-corrected chi connectivity index (χ1v) is 15.2. The normalized spacial score (nSPS) is 11.8. The number of hydrogen-bond donors (Lipinski definition) is 0. The van der Waals surface area contributed by atoms with Gasteiger partial charge in [0.1, 0.15) is 0 Å². The van der Waals surface area contributed by atoms with E-state index in [1.165, 1.54) is 80.7 Å². The fourth-order valence-corrected chi connectivity index (χ4v) is 7.62. The third-order valence-corrected chi connectivity index (χ3v) is 9.72. The van der Waals surface area contributed by atoms with Crippen LogP contribution in [0, 0.1) is 0 Å². The Morgan fingerprint density at radius 3 is 1.93 bits per heavy atom. The Morgan fingerprint density at radius 2 is 1.00 bits per heavy atom. The lowest BCUT2D eigenvalue weighted by Gasteiger charge is -2.11. The smallest absolute Gasteiger partial charge is 0.0541 e. The molecular formula is C40H25NS. The molecule has 9 aromatic rings. The van der Waals surface area contributed by atoms with Crippen molar-refractivity contribution in [1.82, 2.24) is 4.57 Å². The van der Waals surface area contributed by atoms with Crippen molar-refractivity contribution in [2.75, 3.05) is 0 Å². The average molecular weight is 552 g/mol. The Morgan fingerprint density at radius 1 is 0.357 bits per heavy atom. The molecule has 0 fully saturated rings. The van der Waals surface area contributed by atoms with Gasteiger partial charge in [0.15, 0.2) is 0 Å². The maximum Gasteiger partial charge on any atom is 0.0541 e. The lowest BCUT2D eigenvalue weighted by Crippen LogP contribution is -1.94. The van der Waals surface area contributed by atoms with E-state index < -0.39 is 0 Å². The Bertz CT molecular complexity index is 2470. The maximum absolute atomic E-state index is 2.41. The van der Waals surface area contributed by atoms with Crippen molar-refractivity contribution in [2.45, 2.75) is 0 Å². The molecule has 0 aliphatic rings. The van der Waals surface area contributed by atoms with E-state index in [0.717, 1.165) is 0 Å². The topological polar surface area (TPSA) is 4.93 Å². The van der Waals surface area contributed by atoms with Crippen LogP contribution in [0.25, 0.3) is 80.7 Å². The zero-order chi connectivity index (χ0) is 27.6. The van der Waals surface area contributed by atoms with Gasteiger partial charge in [-0.05, 0) is 87.6 Å². The molecule has 196 valence electrons. The first-order valence-electron chi connectivity index (χ1n) is 14.3. The van der Waals surface area contributed by atoms with Crippen molar-refractivity contribution >= 4 is 64.1 Å². The molecule has 2 heteroatoms. The van der Waals surface area contributed by atoms with Crippen molar-refractivity contribution in [2.24, 2.45) is 0 Å².